The Bertz CT molecular complexity index is 1580. The van der Waals surface area contributed by atoms with Gasteiger partial charge in [0.1, 0.15) is 18.2 Å². The third-order valence-corrected chi connectivity index (χ3v) is 9.03. The summed E-state index contributed by atoms with van der Waals surface area (Å²) in [4.78, 5) is 25.7. The summed E-state index contributed by atoms with van der Waals surface area (Å²) < 4.78 is 20.1. The summed E-state index contributed by atoms with van der Waals surface area (Å²) in [6.07, 6.45) is 4.70. The molecule has 2 fully saturated rings. The van der Waals surface area contributed by atoms with Gasteiger partial charge in [-0.15, -0.1) is 0 Å². The number of ether oxygens (including phenoxy) is 1. The van der Waals surface area contributed by atoms with E-state index < -0.39 is 11.7 Å². The number of rotatable bonds is 6. The SMILES string of the molecule is C=C(F)C(=O)N1CCN(c2c(C#N)c(OC[C@@H]3CCCN3C)nc3c2CCN(c2c(C)ccc4cn[nH]c24)C3)C[C@H]1C. The fourth-order valence-electron chi connectivity index (χ4n) is 6.77. The molecule has 42 heavy (non-hydrogen) atoms. The number of likely N-dealkylation sites (N-methyl/N-ethyl adjacent to an activating group) is 1. The fraction of sp³-hybridized carbons (Fsp3) is 0.484. The lowest BCUT2D eigenvalue weighted by molar-refractivity contribution is -0.131. The number of carbonyl (C=O) groups excluding carboxylic acids is 1. The Kier molecular flexibility index (Phi) is 7.49. The van der Waals surface area contributed by atoms with Crippen LogP contribution in [0.5, 0.6) is 5.88 Å². The number of aryl methyl sites for hydroxylation is 1. The highest BCUT2D eigenvalue weighted by Gasteiger charge is 2.35. The number of pyridine rings is 1. The van der Waals surface area contributed by atoms with Crippen LogP contribution in [0.2, 0.25) is 0 Å². The van der Waals surface area contributed by atoms with E-state index in [2.05, 4.69) is 63.6 Å². The minimum absolute atomic E-state index is 0.258. The van der Waals surface area contributed by atoms with Gasteiger partial charge in [-0.1, -0.05) is 18.7 Å². The maximum absolute atomic E-state index is 13.7. The molecule has 0 unspecified atom stereocenters. The molecule has 2 atom stereocenters. The second-order valence-corrected chi connectivity index (χ2v) is 11.7. The molecule has 0 radical (unpaired) electrons. The zero-order valence-electron chi connectivity index (χ0n) is 24.5. The number of nitrogens with zero attached hydrogens (tertiary/aromatic N) is 7. The lowest BCUT2D eigenvalue weighted by Gasteiger charge is -2.42. The van der Waals surface area contributed by atoms with Crippen LogP contribution in [0, 0.1) is 18.3 Å². The molecule has 6 rings (SSSR count). The quantitative estimate of drug-likeness (QED) is 0.446. The number of fused-ring (bicyclic) bond motifs is 2. The van der Waals surface area contributed by atoms with Gasteiger partial charge in [0.15, 0.2) is 5.83 Å². The van der Waals surface area contributed by atoms with Crippen LogP contribution in [0.25, 0.3) is 10.9 Å². The lowest BCUT2D eigenvalue weighted by Crippen LogP contribution is -2.54. The summed E-state index contributed by atoms with van der Waals surface area (Å²) in [5.41, 5.74) is 6.41. The molecule has 0 aliphatic carbocycles. The van der Waals surface area contributed by atoms with Crippen molar-refractivity contribution in [3.05, 3.63) is 53.1 Å². The Labute approximate surface area is 245 Å². The van der Waals surface area contributed by atoms with Crippen LogP contribution >= 0.6 is 0 Å². The summed E-state index contributed by atoms with van der Waals surface area (Å²) in [6, 6.07) is 6.61. The highest BCUT2D eigenvalue weighted by molar-refractivity contribution is 5.93. The van der Waals surface area contributed by atoms with Crippen molar-refractivity contribution in [1.82, 2.24) is 25.0 Å². The number of amides is 1. The number of benzene rings is 1. The molecule has 1 amide bonds. The molecule has 3 aromatic rings. The number of halogens is 1. The Morgan fingerprint density at radius 1 is 1.24 bits per heavy atom. The van der Waals surface area contributed by atoms with Crippen molar-refractivity contribution in [3.8, 4) is 11.9 Å². The number of likely N-dealkylation sites (tertiary alicyclic amines) is 1. The van der Waals surface area contributed by atoms with Gasteiger partial charge < -0.3 is 24.3 Å². The van der Waals surface area contributed by atoms with E-state index in [4.69, 9.17) is 9.72 Å². The van der Waals surface area contributed by atoms with Crippen molar-refractivity contribution in [2.24, 2.45) is 0 Å². The minimum atomic E-state index is -0.954. The zero-order chi connectivity index (χ0) is 29.5. The molecule has 0 saturated carbocycles. The molecule has 3 aliphatic heterocycles. The normalized spacial score (nSPS) is 21.0. The van der Waals surface area contributed by atoms with E-state index in [1.165, 1.54) is 4.90 Å². The summed E-state index contributed by atoms with van der Waals surface area (Å²) >= 11 is 0. The first-order chi connectivity index (χ1) is 20.3. The zero-order valence-corrected chi connectivity index (χ0v) is 24.5. The molecule has 0 bridgehead atoms. The average Bonchev–Trinajstić information content (AvgIpc) is 3.62. The van der Waals surface area contributed by atoms with E-state index in [0.29, 0.717) is 50.7 Å². The number of hydrogen-bond acceptors (Lipinski definition) is 8. The Morgan fingerprint density at radius 3 is 2.79 bits per heavy atom. The third kappa shape index (κ3) is 4.94. The molecular formula is C31H37FN8O2. The van der Waals surface area contributed by atoms with Gasteiger partial charge >= 0.3 is 0 Å². The number of aromatic amines is 1. The molecule has 3 aliphatic rings. The summed E-state index contributed by atoms with van der Waals surface area (Å²) in [5.74, 6) is -1.28. The first kappa shape index (κ1) is 28.0. The van der Waals surface area contributed by atoms with Crippen LogP contribution in [0.1, 0.15) is 42.1 Å². The molecule has 1 aromatic carbocycles. The smallest absolute Gasteiger partial charge is 0.282 e. The molecule has 1 N–H and O–H groups in total. The minimum Gasteiger partial charge on any atom is -0.475 e. The van der Waals surface area contributed by atoms with Crippen LogP contribution in [0.4, 0.5) is 15.8 Å². The van der Waals surface area contributed by atoms with E-state index in [0.717, 1.165) is 65.0 Å². The molecule has 2 saturated heterocycles. The highest BCUT2D eigenvalue weighted by Crippen LogP contribution is 2.40. The van der Waals surface area contributed by atoms with Gasteiger partial charge in [0, 0.05) is 49.2 Å². The standard InChI is InChI=1S/C31H37FN8O2/c1-19-7-8-22-15-34-36-27(22)28(19)38-11-9-24-26(17-38)35-30(42-18-23-6-5-10-37(23)4)25(14-33)29(24)39-12-13-40(20(2)16-39)31(41)21(3)32/h7-8,15,20,23H,3,5-6,9-13,16-18H2,1-2,4H3,(H,34,36)/t20-,23+/m1/s1. The molecule has 220 valence electrons. The number of nitriles is 1. The lowest BCUT2D eigenvalue weighted by atomic mass is 9.96. The largest absolute Gasteiger partial charge is 0.475 e. The monoisotopic (exact) mass is 572 g/mol. The summed E-state index contributed by atoms with van der Waals surface area (Å²) in [7, 11) is 2.10. The number of H-pyrrole nitrogens is 1. The number of aromatic nitrogens is 3. The first-order valence-electron chi connectivity index (χ1n) is 14.6. The van der Waals surface area contributed by atoms with E-state index in [1.54, 1.807) is 0 Å². The van der Waals surface area contributed by atoms with Crippen LogP contribution in [-0.2, 0) is 17.8 Å². The van der Waals surface area contributed by atoms with Gasteiger partial charge in [-0.3, -0.25) is 9.89 Å². The number of piperazine rings is 1. The second kappa shape index (κ2) is 11.2. The van der Waals surface area contributed by atoms with Crippen molar-refractivity contribution >= 4 is 28.2 Å². The van der Waals surface area contributed by atoms with Crippen molar-refractivity contribution in [3.63, 3.8) is 0 Å². The van der Waals surface area contributed by atoms with Crippen LogP contribution in [0.15, 0.2) is 30.7 Å². The van der Waals surface area contributed by atoms with Crippen molar-refractivity contribution < 1.29 is 13.9 Å². The average molecular weight is 573 g/mol. The number of hydrogen-bond donors (Lipinski definition) is 1. The molecule has 2 aromatic heterocycles. The number of carbonyl (C=O) groups is 1. The van der Waals surface area contributed by atoms with Gasteiger partial charge in [0.05, 0.1) is 35.3 Å². The van der Waals surface area contributed by atoms with E-state index in [-0.39, 0.29) is 12.1 Å². The van der Waals surface area contributed by atoms with Gasteiger partial charge in [0.25, 0.3) is 5.91 Å². The van der Waals surface area contributed by atoms with Gasteiger partial charge in [-0.05, 0) is 52.3 Å². The third-order valence-electron chi connectivity index (χ3n) is 9.03. The molecule has 11 heteroatoms. The predicted octanol–water partition coefficient (Wildman–Crippen LogP) is 3.69. The van der Waals surface area contributed by atoms with Crippen LogP contribution in [-0.4, -0.2) is 89.4 Å². The van der Waals surface area contributed by atoms with Crippen molar-refractivity contribution in [1.29, 1.82) is 5.26 Å². The van der Waals surface area contributed by atoms with E-state index in [9.17, 15) is 14.4 Å². The number of anilines is 2. The first-order valence-corrected chi connectivity index (χ1v) is 14.6. The molecular weight excluding hydrogens is 535 g/mol. The summed E-state index contributed by atoms with van der Waals surface area (Å²) in [6.45, 7) is 11.3. The molecule has 5 heterocycles. The maximum Gasteiger partial charge on any atom is 0.282 e. The Balaban J connectivity index is 1.38. The van der Waals surface area contributed by atoms with E-state index >= 15 is 0 Å². The Hall–Kier alpha value is -4.17. The predicted molar refractivity (Wildman–Crippen MR) is 159 cm³/mol. The second-order valence-electron chi connectivity index (χ2n) is 11.7. The van der Waals surface area contributed by atoms with Gasteiger partial charge in [0.2, 0.25) is 5.88 Å². The van der Waals surface area contributed by atoms with E-state index in [1.807, 2.05) is 13.1 Å². The number of nitrogens with one attached hydrogen (secondary N) is 1. The highest BCUT2D eigenvalue weighted by atomic mass is 19.1. The molecule has 0 spiro atoms. The van der Waals surface area contributed by atoms with Crippen molar-refractivity contribution in [2.45, 2.75) is 51.7 Å². The van der Waals surface area contributed by atoms with Gasteiger partial charge in [-0.2, -0.15) is 10.4 Å². The maximum atomic E-state index is 13.7. The van der Waals surface area contributed by atoms with Crippen LogP contribution in [0.3, 0.4) is 0 Å². The topological polar surface area (TPSA) is 105 Å². The Morgan fingerprint density at radius 2 is 2.07 bits per heavy atom. The molecule has 10 nitrogen and oxygen atoms in total. The van der Waals surface area contributed by atoms with Crippen LogP contribution < -0.4 is 14.5 Å². The fourth-order valence-corrected chi connectivity index (χ4v) is 6.77. The van der Waals surface area contributed by atoms with Gasteiger partial charge in [-0.25, -0.2) is 9.37 Å². The van der Waals surface area contributed by atoms with Crippen molar-refractivity contribution in [2.75, 3.05) is 56.2 Å². The summed E-state index contributed by atoms with van der Waals surface area (Å²) in [5, 5.41) is 18.9.